The smallest absolute Gasteiger partial charge is 0.273 e. The van der Waals surface area contributed by atoms with Crippen LogP contribution in [-0.4, -0.2) is 46.9 Å². The Morgan fingerprint density at radius 3 is 2.50 bits per heavy atom. The summed E-state index contributed by atoms with van der Waals surface area (Å²) in [5.41, 5.74) is 7.45. The molecule has 1 aromatic heterocycles. The fourth-order valence-electron chi connectivity index (χ4n) is 3.16. The number of amides is 1. The zero-order valence-corrected chi connectivity index (χ0v) is 17.3. The summed E-state index contributed by atoms with van der Waals surface area (Å²) in [7, 11) is 1.89. The maximum atomic E-state index is 12.6. The molecule has 2 heterocycles. The number of carbonyl (C=O) groups is 1. The minimum atomic E-state index is 0. The van der Waals surface area contributed by atoms with Crippen LogP contribution in [0.5, 0.6) is 0 Å². The predicted molar refractivity (Wildman–Crippen MR) is 111 cm³/mol. The Morgan fingerprint density at radius 1 is 1.27 bits per heavy atom. The molecule has 1 aliphatic heterocycles. The summed E-state index contributed by atoms with van der Waals surface area (Å²) < 4.78 is 0. The molecule has 1 fully saturated rings. The number of hydrogen-bond donors (Lipinski definition) is 1. The second-order valence-corrected chi connectivity index (χ2v) is 7.18. The van der Waals surface area contributed by atoms with Gasteiger partial charge >= 0.3 is 0 Å². The van der Waals surface area contributed by atoms with E-state index in [1.165, 1.54) is 16.9 Å². The molecule has 1 aromatic carbocycles. The summed E-state index contributed by atoms with van der Waals surface area (Å²) >= 11 is 1.45. The van der Waals surface area contributed by atoms with Crippen LogP contribution in [-0.2, 0) is 13.1 Å². The average molecular weight is 417 g/mol. The Labute approximate surface area is 171 Å². The van der Waals surface area contributed by atoms with Gasteiger partial charge in [-0.1, -0.05) is 30.3 Å². The number of nitrogens with two attached hydrogens (primary N) is 1. The fraction of sp³-hybridized carbons (Fsp3) is 0.444. The van der Waals surface area contributed by atoms with Crippen LogP contribution in [0.3, 0.4) is 0 Å². The zero-order valence-electron chi connectivity index (χ0n) is 14.8. The molecule has 1 saturated heterocycles. The normalized spacial score (nSPS) is 15.0. The van der Waals surface area contributed by atoms with Crippen LogP contribution < -0.4 is 5.73 Å². The van der Waals surface area contributed by atoms with Gasteiger partial charge in [0.1, 0.15) is 10.7 Å². The summed E-state index contributed by atoms with van der Waals surface area (Å²) in [4.78, 5) is 21.2. The number of piperidine rings is 1. The second-order valence-electron chi connectivity index (χ2n) is 6.24. The van der Waals surface area contributed by atoms with Gasteiger partial charge in [0.2, 0.25) is 0 Å². The first-order valence-electron chi connectivity index (χ1n) is 8.35. The van der Waals surface area contributed by atoms with Gasteiger partial charge in [-0.25, -0.2) is 4.98 Å². The van der Waals surface area contributed by atoms with Crippen molar-refractivity contribution in [3.63, 3.8) is 0 Å². The summed E-state index contributed by atoms with van der Waals surface area (Å²) in [5.74, 6) is 0.00691. The number of likely N-dealkylation sites (tertiary alicyclic amines) is 1. The van der Waals surface area contributed by atoms with Gasteiger partial charge in [0.25, 0.3) is 5.91 Å². The van der Waals surface area contributed by atoms with E-state index in [1.807, 2.05) is 23.4 Å². The van der Waals surface area contributed by atoms with E-state index in [-0.39, 0.29) is 36.8 Å². The molecule has 1 aliphatic rings. The van der Waals surface area contributed by atoms with Gasteiger partial charge in [0.05, 0.1) is 0 Å². The number of rotatable bonds is 5. The van der Waals surface area contributed by atoms with Crippen molar-refractivity contribution in [1.82, 2.24) is 14.8 Å². The molecule has 3 rings (SSSR count). The Morgan fingerprint density at radius 2 is 1.92 bits per heavy atom. The molecular weight excluding hydrogens is 391 g/mol. The molecule has 26 heavy (non-hydrogen) atoms. The number of carbonyl (C=O) groups excluding carboxylic acids is 1. The maximum Gasteiger partial charge on any atom is 0.273 e. The van der Waals surface area contributed by atoms with E-state index >= 15 is 0 Å². The Bertz CT molecular complexity index is 675. The molecule has 144 valence electrons. The molecule has 0 aliphatic carbocycles. The lowest BCUT2D eigenvalue weighted by Crippen LogP contribution is -2.45. The number of aromatic nitrogens is 1. The van der Waals surface area contributed by atoms with Crippen molar-refractivity contribution in [3.05, 3.63) is 52.0 Å². The molecular formula is C18H26Cl2N4OS. The highest BCUT2D eigenvalue weighted by Gasteiger charge is 2.27. The van der Waals surface area contributed by atoms with E-state index in [1.54, 1.807) is 0 Å². The first-order chi connectivity index (χ1) is 11.7. The number of hydrogen-bond acceptors (Lipinski definition) is 5. The van der Waals surface area contributed by atoms with Gasteiger partial charge in [-0.3, -0.25) is 9.69 Å². The minimum Gasteiger partial charge on any atom is -0.337 e. The number of halogens is 2. The van der Waals surface area contributed by atoms with Crippen molar-refractivity contribution >= 4 is 42.1 Å². The highest BCUT2D eigenvalue weighted by Crippen LogP contribution is 2.20. The van der Waals surface area contributed by atoms with Crippen LogP contribution in [0.4, 0.5) is 0 Å². The van der Waals surface area contributed by atoms with Crippen LogP contribution in [0, 0.1) is 0 Å². The van der Waals surface area contributed by atoms with Gasteiger partial charge in [0.15, 0.2) is 0 Å². The standard InChI is InChI=1S/C18H24N4OS.2ClH/c1-21(18(23)16-13-24-17(11-19)20-16)15-7-9-22(10-8-15)12-14-5-3-2-4-6-14;;/h2-6,13,15H,7-12,19H2,1H3;2*1H. The van der Waals surface area contributed by atoms with Crippen molar-refractivity contribution in [3.8, 4) is 0 Å². The molecule has 0 spiro atoms. The number of nitrogens with zero attached hydrogens (tertiary/aromatic N) is 3. The highest BCUT2D eigenvalue weighted by molar-refractivity contribution is 7.09. The number of thiazole rings is 1. The fourth-order valence-corrected chi connectivity index (χ4v) is 3.80. The van der Waals surface area contributed by atoms with Crippen molar-refractivity contribution in [1.29, 1.82) is 0 Å². The van der Waals surface area contributed by atoms with E-state index < -0.39 is 0 Å². The zero-order chi connectivity index (χ0) is 16.9. The van der Waals surface area contributed by atoms with Crippen molar-refractivity contribution in [2.75, 3.05) is 20.1 Å². The van der Waals surface area contributed by atoms with Crippen LogP contribution in [0.15, 0.2) is 35.7 Å². The molecule has 2 N–H and O–H groups in total. The first kappa shape index (κ1) is 22.9. The van der Waals surface area contributed by atoms with Crippen molar-refractivity contribution in [2.45, 2.75) is 32.0 Å². The average Bonchev–Trinajstić information content (AvgIpc) is 3.11. The molecule has 5 nitrogen and oxygen atoms in total. The molecule has 1 amide bonds. The molecule has 0 radical (unpaired) electrons. The van der Waals surface area contributed by atoms with Gasteiger partial charge in [0, 0.05) is 44.6 Å². The lowest BCUT2D eigenvalue weighted by atomic mass is 10.0. The Kier molecular flexibility index (Phi) is 9.54. The third-order valence-corrected chi connectivity index (χ3v) is 5.49. The monoisotopic (exact) mass is 416 g/mol. The van der Waals surface area contributed by atoms with E-state index in [0.717, 1.165) is 37.5 Å². The predicted octanol–water partition coefficient (Wildman–Crippen LogP) is 3.18. The maximum absolute atomic E-state index is 12.6. The summed E-state index contributed by atoms with van der Waals surface area (Å²) in [5, 5.41) is 2.62. The first-order valence-corrected chi connectivity index (χ1v) is 9.23. The largest absolute Gasteiger partial charge is 0.337 e. The second kappa shape index (κ2) is 10.8. The molecule has 0 saturated carbocycles. The number of benzene rings is 1. The SMILES string of the molecule is CN(C(=O)c1csc(CN)n1)C1CCN(Cc2ccccc2)CC1.Cl.Cl. The Hall–Kier alpha value is -1.18. The molecule has 8 heteroatoms. The summed E-state index contributed by atoms with van der Waals surface area (Å²) in [6.07, 6.45) is 2.01. The summed E-state index contributed by atoms with van der Waals surface area (Å²) in [6, 6.07) is 10.8. The summed E-state index contributed by atoms with van der Waals surface area (Å²) in [6.45, 7) is 3.40. The quantitative estimate of drug-likeness (QED) is 0.812. The lowest BCUT2D eigenvalue weighted by molar-refractivity contribution is 0.0631. The molecule has 0 atom stereocenters. The van der Waals surface area contributed by atoms with Gasteiger partial charge < -0.3 is 10.6 Å². The van der Waals surface area contributed by atoms with Crippen LogP contribution in [0.25, 0.3) is 0 Å². The molecule has 0 bridgehead atoms. The lowest BCUT2D eigenvalue weighted by Gasteiger charge is -2.36. The topological polar surface area (TPSA) is 62.5 Å². The van der Waals surface area contributed by atoms with Crippen LogP contribution in [0.2, 0.25) is 0 Å². The minimum absolute atomic E-state index is 0. The van der Waals surface area contributed by atoms with Crippen molar-refractivity contribution in [2.24, 2.45) is 5.73 Å². The van der Waals surface area contributed by atoms with Crippen LogP contribution >= 0.6 is 36.2 Å². The van der Waals surface area contributed by atoms with E-state index in [2.05, 4.69) is 34.1 Å². The third kappa shape index (κ3) is 5.66. The van der Waals surface area contributed by atoms with E-state index in [0.29, 0.717) is 12.2 Å². The molecule has 0 unspecified atom stereocenters. The van der Waals surface area contributed by atoms with E-state index in [4.69, 9.17) is 5.73 Å². The van der Waals surface area contributed by atoms with Gasteiger partial charge in [-0.2, -0.15) is 0 Å². The van der Waals surface area contributed by atoms with E-state index in [9.17, 15) is 4.79 Å². The highest BCUT2D eigenvalue weighted by atomic mass is 35.5. The van der Waals surface area contributed by atoms with Gasteiger partial charge in [-0.05, 0) is 18.4 Å². The molecule has 2 aromatic rings. The van der Waals surface area contributed by atoms with Gasteiger partial charge in [-0.15, -0.1) is 36.2 Å². The Balaban J connectivity index is 0.00000169. The van der Waals surface area contributed by atoms with Crippen molar-refractivity contribution < 1.29 is 4.79 Å². The third-order valence-electron chi connectivity index (χ3n) is 4.62. The van der Waals surface area contributed by atoms with Crippen LogP contribution in [0.1, 0.15) is 33.9 Å².